The van der Waals surface area contributed by atoms with Gasteiger partial charge in [0.1, 0.15) is 24.4 Å². The van der Waals surface area contributed by atoms with Crippen LogP contribution in [0.25, 0.3) is 0 Å². The maximum atomic E-state index is 9.12. The van der Waals surface area contributed by atoms with Crippen LogP contribution in [0.5, 0.6) is 0 Å². The fourth-order valence-corrected chi connectivity index (χ4v) is 1.08. The van der Waals surface area contributed by atoms with Crippen molar-refractivity contribution in [3.8, 4) is 0 Å². The van der Waals surface area contributed by atoms with Gasteiger partial charge in [-0.15, -0.1) is 0 Å². The lowest BCUT2D eigenvalue weighted by Crippen LogP contribution is -3.00. The number of aliphatic carboxylic acids is 4. The number of carboxylic acid groups (broad SMARTS) is 4. The van der Waals surface area contributed by atoms with Gasteiger partial charge in [-0.3, -0.25) is 0 Å². The van der Waals surface area contributed by atoms with Gasteiger partial charge in [-0.2, -0.15) is 0 Å². The molecule has 1 fully saturated rings. The molecule has 0 bridgehead atoms. The van der Waals surface area contributed by atoms with E-state index in [0.717, 1.165) is 27.7 Å². The molecule has 1 heterocycles. The molecule has 0 amide bonds. The van der Waals surface area contributed by atoms with Gasteiger partial charge in [0.15, 0.2) is 6.29 Å². The summed E-state index contributed by atoms with van der Waals surface area (Å²) < 4.78 is 4.58. The fraction of sp³-hybridized carbons (Fsp3) is 0.714. The van der Waals surface area contributed by atoms with Gasteiger partial charge in [-0.25, -0.2) is 0 Å². The van der Waals surface area contributed by atoms with E-state index in [-0.39, 0.29) is 17.0 Å². The summed E-state index contributed by atoms with van der Waals surface area (Å²) in [7, 11) is 0. The number of hydrogen-bond donors (Lipinski definition) is 5. The average Bonchev–Trinajstić information content (AvgIpc) is 2.46. The summed E-state index contributed by atoms with van der Waals surface area (Å²) in [5.41, 5.74) is 0. The van der Waals surface area contributed by atoms with Gasteiger partial charge >= 0.3 is 0 Å². The predicted octanol–water partition coefficient (Wildman–Crippen LogP) is -11.2. The molecule has 1 rings (SSSR count). The van der Waals surface area contributed by atoms with E-state index in [2.05, 4.69) is 4.74 Å². The lowest BCUT2D eigenvalue weighted by atomic mass is 10.00. The van der Waals surface area contributed by atoms with Crippen molar-refractivity contribution >= 4 is 23.9 Å². The molecule has 0 aromatic heterocycles. The zero-order valence-electron chi connectivity index (χ0n) is 15.9. The molecule has 0 unspecified atom stereocenters. The van der Waals surface area contributed by atoms with Crippen molar-refractivity contribution in [3.63, 3.8) is 0 Å². The highest BCUT2D eigenvalue weighted by atomic mass is 79.9. The first kappa shape index (κ1) is 37.8. The topological polar surface area (TPSA) is 271 Å². The van der Waals surface area contributed by atoms with Crippen molar-refractivity contribution in [3.05, 3.63) is 0 Å². The predicted molar refractivity (Wildman–Crippen MR) is 78.7 cm³/mol. The fourth-order valence-electron chi connectivity index (χ4n) is 1.08. The van der Waals surface area contributed by atoms with E-state index in [0.29, 0.717) is 0 Å². The van der Waals surface area contributed by atoms with E-state index >= 15 is 0 Å². The minimum absolute atomic E-state index is 0. The van der Waals surface area contributed by atoms with Gasteiger partial charge in [0.05, 0.1) is 6.61 Å². The second-order valence-electron chi connectivity index (χ2n) is 4.69. The van der Waals surface area contributed by atoms with E-state index in [1.54, 1.807) is 0 Å². The highest BCUT2D eigenvalue weighted by molar-refractivity contribution is 5.61. The highest BCUT2D eigenvalue weighted by Gasteiger charge is 2.42. The maximum Gasteiger partial charge on any atom is 0.184 e. The average molecular weight is 496 g/mol. The molecular formula is C14H24BrO14-5. The quantitative estimate of drug-likeness (QED) is 0.226. The molecule has 0 saturated carbocycles. The zero-order valence-corrected chi connectivity index (χ0v) is 17.5. The Kier molecular flexibility index (Phi) is 29.2. The van der Waals surface area contributed by atoms with Gasteiger partial charge in [0, 0.05) is 23.9 Å². The molecule has 0 aliphatic carbocycles. The Hall–Kier alpha value is -1.88. The molecule has 0 aromatic carbocycles. The van der Waals surface area contributed by atoms with Gasteiger partial charge in [0.2, 0.25) is 0 Å². The van der Waals surface area contributed by atoms with E-state index in [4.69, 9.17) is 65.1 Å². The van der Waals surface area contributed by atoms with Crippen LogP contribution in [0.15, 0.2) is 0 Å². The largest absolute Gasteiger partial charge is 1.00 e. The van der Waals surface area contributed by atoms with E-state index in [1.807, 2.05) is 0 Å². The van der Waals surface area contributed by atoms with Crippen LogP contribution in [0.1, 0.15) is 27.7 Å². The Morgan fingerprint density at radius 2 is 0.931 bits per heavy atom. The summed E-state index contributed by atoms with van der Waals surface area (Å²) in [6.07, 6.45) is -7.04. The minimum atomic E-state index is -1.57. The number of halogens is 1. The number of carboxylic acids is 4. The molecular weight excluding hydrogens is 472 g/mol. The third-order valence-electron chi connectivity index (χ3n) is 1.87. The molecule has 0 radical (unpaired) electrons. The Bertz CT molecular complexity index is 389. The summed E-state index contributed by atoms with van der Waals surface area (Å²) in [6.45, 7) is 3.36. The SMILES string of the molecule is CC(=O)[O-].CC(=O)[O-].CC(=O)[O-].CC(=O)[O-].OC[C@H]1O[C@H](O)[C@H](O)[C@@H](O)[C@@H]1O.[Br-]. The van der Waals surface area contributed by atoms with Gasteiger partial charge in [-0.05, 0) is 27.7 Å². The number of ether oxygens (including phenoxy) is 1. The van der Waals surface area contributed by atoms with Crippen molar-refractivity contribution in [2.45, 2.75) is 58.4 Å². The summed E-state index contributed by atoms with van der Waals surface area (Å²) in [4.78, 5) is 35.6. The molecule has 15 heteroatoms. The second-order valence-corrected chi connectivity index (χ2v) is 4.69. The molecule has 176 valence electrons. The van der Waals surface area contributed by atoms with Gasteiger partial charge < -0.3 is 86.9 Å². The lowest BCUT2D eigenvalue weighted by molar-refractivity contribution is -0.303. The number of aliphatic hydroxyl groups is 5. The number of rotatable bonds is 1. The molecule has 1 aliphatic rings. The van der Waals surface area contributed by atoms with Crippen molar-refractivity contribution in [1.82, 2.24) is 0 Å². The van der Waals surface area contributed by atoms with Crippen molar-refractivity contribution in [2.24, 2.45) is 0 Å². The summed E-state index contributed by atoms with van der Waals surface area (Å²) in [5, 5.41) is 80.2. The van der Waals surface area contributed by atoms with Crippen molar-refractivity contribution in [1.29, 1.82) is 0 Å². The molecule has 1 aliphatic heterocycles. The van der Waals surface area contributed by atoms with E-state index in [9.17, 15) is 0 Å². The molecule has 29 heavy (non-hydrogen) atoms. The molecule has 5 atom stereocenters. The first-order valence-corrected chi connectivity index (χ1v) is 7.20. The first-order chi connectivity index (χ1) is 12.5. The van der Waals surface area contributed by atoms with Crippen LogP contribution in [-0.2, 0) is 23.9 Å². The monoisotopic (exact) mass is 495 g/mol. The Labute approximate surface area is 176 Å². The molecule has 14 nitrogen and oxygen atoms in total. The Morgan fingerprint density at radius 3 is 1.14 bits per heavy atom. The number of carbonyl (C=O) groups is 4. The molecule has 1 saturated heterocycles. The first-order valence-electron chi connectivity index (χ1n) is 7.20. The number of aliphatic hydroxyl groups excluding tert-OH is 5. The normalized spacial score (nSPS) is 23.8. The van der Waals surface area contributed by atoms with Crippen LogP contribution in [0, 0.1) is 0 Å². The standard InChI is InChI=1S/C6H12O6.4C2H4O2.BrH/c7-1-2-3(8)4(9)5(10)6(11)12-2;4*1-2(3)4;/h2-11H,1H2;4*1H3,(H,3,4);1H/p-5/t2-,3-,4+,5-,6+;;;;;/m1...../s1. The van der Waals surface area contributed by atoms with Crippen molar-refractivity contribution in [2.75, 3.05) is 6.61 Å². The van der Waals surface area contributed by atoms with Crippen LogP contribution in [0.2, 0.25) is 0 Å². The summed E-state index contributed by atoms with van der Waals surface area (Å²) in [6, 6.07) is 0. The van der Waals surface area contributed by atoms with Gasteiger partial charge in [0.25, 0.3) is 0 Å². The maximum absolute atomic E-state index is 9.12. The Balaban J connectivity index is -0.0000000949. The summed E-state index contributed by atoms with van der Waals surface area (Å²) in [5.74, 6) is -4.33. The van der Waals surface area contributed by atoms with Crippen LogP contribution < -0.4 is 37.4 Å². The summed E-state index contributed by atoms with van der Waals surface area (Å²) >= 11 is 0. The molecule has 5 N–H and O–H groups in total. The van der Waals surface area contributed by atoms with Crippen molar-refractivity contribution < 1.29 is 86.9 Å². The number of carbonyl (C=O) groups excluding carboxylic acids is 4. The molecule has 0 spiro atoms. The third kappa shape index (κ3) is 37.5. The number of hydrogen-bond acceptors (Lipinski definition) is 14. The van der Waals surface area contributed by atoms with E-state index < -0.39 is 61.2 Å². The van der Waals surface area contributed by atoms with Gasteiger partial charge in [-0.1, -0.05) is 0 Å². The van der Waals surface area contributed by atoms with Crippen LogP contribution in [-0.4, -0.2) is 86.7 Å². The second kappa shape index (κ2) is 22.4. The molecule has 0 aromatic rings. The van der Waals surface area contributed by atoms with Crippen LogP contribution in [0.3, 0.4) is 0 Å². The Morgan fingerprint density at radius 1 is 0.690 bits per heavy atom. The van der Waals surface area contributed by atoms with E-state index in [1.165, 1.54) is 0 Å². The highest BCUT2D eigenvalue weighted by Crippen LogP contribution is 2.18. The smallest absolute Gasteiger partial charge is 0.184 e. The van der Waals surface area contributed by atoms with Crippen LogP contribution >= 0.6 is 0 Å². The zero-order chi connectivity index (χ0) is 23.6. The van der Waals surface area contributed by atoms with Crippen LogP contribution in [0.4, 0.5) is 0 Å². The third-order valence-corrected chi connectivity index (χ3v) is 1.87. The minimum Gasteiger partial charge on any atom is -1.00 e. The lowest BCUT2D eigenvalue weighted by Gasteiger charge is -2.37.